The molecule has 1 unspecified atom stereocenters. The van der Waals surface area contributed by atoms with Crippen molar-refractivity contribution in [2.24, 2.45) is 0 Å². The lowest BCUT2D eigenvalue weighted by Gasteiger charge is -2.23. The number of alkyl halides is 3. The number of dihydropyridines is 1. The highest BCUT2D eigenvalue weighted by Crippen LogP contribution is 2.25. The van der Waals surface area contributed by atoms with E-state index in [0.29, 0.717) is 0 Å². The van der Waals surface area contributed by atoms with Crippen molar-refractivity contribution in [2.75, 3.05) is 0 Å². The maximum atomic E-state index is 12.6. The molecule has 1 heterocycles. The second-order valence-electron chi connectivity index (χ2n) is 3.98. The van der Waals surface area contributed by atoms with Gasteiger partial charge in [0.2, 0.25) is 0 Å². The average molecular weight is 285 g/mol. The van der Waals surface area contributed by atoms with Crippen LogP contribution in [0, 0.1) is 0 Å². The quantitative estimate of drug-likeness (QED) is 0.896. The molecular weight excluding hydrogens is 275 g/mol. The number of carboxylic acids is 1. The Kier molecular flexibility index (Phi) is 3.69. The zero-order chi connectivity index (χ0) is 14.8. The molecule has 1 atom stereocenters. The number of nitrogens with one attached hydrogen (secondary N) is 1. The predicted octanol–water partition coefficient (Wildman–Crippen LogP) is 2.70. The number of hydrogen-bond acceptors (Lipinski definition) is 3. The number of aromatic carboxylic acids is 1. The monoisotopic (exact) mass is 285 g/mol. The van der Waals surface area contributed by atoms with Crippen LogP contribution < -0.4 is 10.1 Å². The van der Waals surface area contributed by atoms with E-state index in [1.165, 1.54) is 36.4 Å². The van der Waals surface area contributed by atoms with Gasteiger partial charge in [0, 0.05) is 0 Å². The summed E-state index contributed by atoms with van der Waals surface area (Å²) in [5, 5.41) is 11.1. The van der Waals surface area contributed by atoms with Crippen LogP contribution in [0.1, 0.15) is 10.4 Å². The third kappa shape index (κ3) is 3.11. The first-order valence-corrected chi connectivity index (χ1v) is 5.60. The Hall–Kier alpha value is -2.44. The molecule has 106 valence electrons. The minimum absolute atomic E-state index is 0.0324. The van der Waals surface area contributed by atoms with Crippen LogP contribution in [0.2, 0.25) is 0 Å². The third-order valence-electron chi connectivity index (χ3n) is 2.54. The van der Waals surface area contributed by atoms with Gasteiger partial charge in [-0.15, -0.1) is 0 Å². The summed E-state index contributed by atoms with van der Waals surface area (Å²) < 4.78 is 42.9. The largest absolute Gasteiger partial charge is 0.478 e. The Morgan fingerprint density at radius 3 is 2.65 bits per heavy atom. The lowest BCUT2D eigenvalue weighted by atomic mass is 10.2. The molecule has 1 aliphatic heterocycles. The first kappa shape index (κ1) is 14.0. The summed E-state index contributed by atoms with van der Waals surface area (Å²) in [5.41, 5.74) is -0.131. The lowest BCUT2D eigenvalue weighted by Crippen LogP contribution is -2.42. The van der Waals surface area contributed by atoms with Crippen molar-refractivity contribution in [2.45, 2.75) is 12.2 Å². The molecule has 4 nitrogen and oxygen atoms in total. The molecule has 20 heavy (non-hydrogen) atoms. The SMILES string of the molecule is O=C(O)c1ccccc1OC1=CC=CC(C(F)(F)F)N1. The zero-order valence-electron chi connectivity index (χ0n) is 10.0. The van der Waals surface area contributed by atoms with E-state index in [1.54, 1.807) is 0 Å². The standard InChI is InChI=1S/C13H10F3NO3/c14-13(15,16)10-6-3-7-11(17-10)20-9-5-2-1-4-8(9)12(18)19/h1-7,10,17H,(H,18,19). The van der Waals surface area contributed by atoms with Crippen molar-refractivity contribution < 1.29 is 27.8 Å². The fraction of sp³-hybridized carbons (Fsp3) is 0.154. The average Bonchev–Trinajstić information content (AvgIpc) is 2.38. The van der Waals surface area contributed by atoms with Crippen molar-refractivity contribution in [3.63, 3.8) is 0 Å². The molecule has 0 saturated heterocycles. The smallest absolute Gasteiger partial charge is 0.412 e. The van der Waals surface area contributed by atoms with E-state index in [1.807, 2.05) is 0 Å². The van der Waals surface area contributed by atoms with Crippen molar-refractivity contribution in [1.29, 1.82) is 0 Å². The van der Waals surface area contributed by atoms with Gasteiger partial charge < -0.3 is 15.2 Å². The molecule has 0 spiro atoms. The maximum absolute atomic E-state index is 12.6. The van der Waals surface area contributed by atoms with Gasteiger partial charge in [-0.05, 0) is 18.2 Å². The van der Waals surface area contributed by atoms with E-state index >= 15 is 0 Å². The highest BCUT2D eigenvalue weighted by Gasteiger charge is 2.39. The van der Waals surface area contributed by atoms with E-state index in [4.69, 9.17) is 9.84 Å². The molecule has 0 fully saturated rings. The van der Waals surface area contributed by atoms with Crippen LogP contribution in [0.15, 0.2) is 48.4 Å². The third-order valence-corrected chi connectivity index (χ3v) is 2.54. The highest BCUT2D eigenvalue weighted by atomic mass is 19.4. The van der Waals surface area contributed by atoms with Crippen LogP contribution in [0.25, 0.3) is 0 Å². The molecule has 0 aliphatic carbocycles. The van der Waals surface area contributed by atoms with Crippen LogP contribution in [-0.2, 0) is 0 Å². The second-order valence-corrected chi connectivity index (χ2v) is 3.98. The summed E-state index contributed by atoms with van der Waals surface area (Å²) >= 11 is 0. The number of hydrogen-bond donors (Lipinski definition) is 2. The van der Waals surface area contributed by atoms with Crippen LogP contribution in [0.4, 0.5) is 13.2 Å². The Morgan fingerprint density at radius 1 is 1.30 bits per heavy atom. The van der Waals surface area contributed by atoms with Crippen molar-refractivity contribution in [3.05, 3.63) is 53.9 Å². The number of rotatable bonds is 3. The van der Waals surface area contributed by atoms with Crippen LogP contribution >= 0.6 is 0 Å². The zero-order valence-corrected chi connectivity index (χ0v) is 10.0. The molecule has 7 heteroatoms. The number of para-hydroxylation sites is 1. The summed E-state index contributed by atoms with van der Waals surface area (Å²) in [4.78, 5) is 11.0. The fourth-order valence-electron chi connectivity index (χ4n) is 1.61. The molecule has 1 aromatic rings. The normalized spacial score (nSPS) is 18.1. The number of allylic oxidation sites excluding steroid dienone is 2. The highest BCUT2D eigenvalue weighted by molar-refractivity contribution is 5.90. The summed E-state index contributed by atoms with van der Waals surface area (Å²) in [6.45, 7) is 0. The van der Waals surface area contributed by atoms with Gasteiger partial charge >= 0.3 is 12.1 Å². The van der Waals surface area contributed by atoms with Gasteiger partial charge in [-0.25, -0.2) is 4.79 Å². The van der Waals surface area contributed by atoms with Gasteiger partial charge in [0.05, 0.1) is 0 Å². The molecule has 0 bridgehead atoms. The van der Waals surface area contributed by atoms with E-state index in [2.05, 4.69) is 5.32 Å². The first-order chi connectivity index (χ1) is 9.38. The van der Waals surface area contributed by atoms with E-state index in [9.17, 15) is 18.0 Å². The molecule has 0 saturated carbocycles. The maximum Gasteiger partial charge on any atom is 0.412 e. The Bertz CT molecular complexity index is 578. The molecule has 2 rings (SSSR count). The number of ether oxygens (including phenoxy) is 1. The van der Waals surface area contributed by atoms with Gasteiger partial charge in [-0.3, -0.25) is 0 Å². The second kappa shape index (κ2) is 5.28. The molecule has 0 aromatic heterocycles. The number of carbonyl (C=O) groups is 1. The van der Waals surface area contributed by atoms with Gasteiger partial charge in [-0.1, -0.05) is 24.3 Å². The van der Waals surface area contributed by atoms with E-state index < -0.39 is 18.2 Å². The van der Waals surface area contributed by atoms with E-state index in [-0.39, 0.29) is 17.2 Å². The Morgan fingerprint density at radius 2 is 2.00 bits per heavy atom. The van der Waals surface area contributed by atoms with Crippen LogP contribution in [0.3, 0.4) is 0 Å². The summed E-state index contributed by atoms with van der Waals surface area (Å²) in [6.07, 6.45) is -1.02. The lowest BCUT2D eigenvalue weighted by molar-refractivity contribution is -0.144. The molecule has 0 amide bonds. The summed E-state index contributed by atoms with van der Waals surface area (Å²) in [6, 6.07) is 3.84. The van der Waals surface area contributed by atoms with Gasteiger partial charge in [-0.2, -0.15) is 13.2 Å². The summed E-state index contributed by atoms with van der Waals surface area (Å²) in [7, 11) is 0. The van der Waals surface area contributed by atoms with Crippen molar-refractivity contribution in [1.82, 2.24) is 5.32 Å². The van der Waals surface area contributed by atoms with Crippen LogP contribution in [0.5, 0.6) is 5.75 Å². The minimum Gasteiger partial charge on any atom is -0.478 e. The van der Waals surface area contributed by atoms with Crippen molar-refractivity contribution >= 4 is 5.97 Å². The molecule has 2 N–H and O–H groups in total. The number of halogens is 3. The molecule has 1 aliphatic rings. The number of benzene rings is 1. The summed E-state index contributed by atoms with van der Waals surface area (Å²) in [5.74, 6) is -1.42. The fourth-order valence-corrected chi connectivity index (χ4v) is 1.61. The first-order valence-electron chi connectivity index (χ1n) is 5.60. The molecule has 1 aromatic carbocycles. The van der Waals surface area contributed by atoms with E-state index in [0.717, 1.165) is 6.08 Å². The molecular formula is C13H10F3NO3. The van der Waals surface area contributed by atoms with Gasteiger partial charge in [0.25, 0.3) is 0 Å². The van der Waals surface area contributed by atoms with Gasteiger partial charge in [0.15, 0.2) is 5.88 Å². The topological polar surface area (TPSA) is 58.6 Å². The van der Waals surface area contributed by atoms with Crippen molar-refractivity contribution in [3.8, 4) is 5.75 Å². The van der Waals surface area contributed by atoms with Crippen LogP contribution in [-0.4, -0.2) is 23.3 Å². The Labute approximate surface area is 112 Å². The Balaban J connectivity index is 2.18. The molecule has 0 radical (unpaired) electrons. The minimum atomic E-state index is -4.45. The predicted molar refractivity (Wildman–Crippen MR) is 64.2 cm³/mol. The number of carboxylic acid groups (broad SMARTS) is 1. The van der Waals surface area contributed by atoms with Gasteiger partial charge in [0.1, 0.15) is 17.4 Å².